The Morgan fingerprint density at radius 3 is 2.24 bits per heavy atom. The summed E-state index contributed by atoms with van der Waals surface area (Å²) in [7, 11) is -7.13. The number of fused-ring (bicyclic) bond motifs is 1. The van der Waals surface area contributed by atoms with Crippen LogP contribution in [0.25, 0.3) is 21.8 Å². The molecule has 0 unspecified atom stereocenters. The van der Waals surface area contributed by atoms with E-state index in [-0.39, 0.29) is 22.7 Å². The molecule has 1 aliphatic heterocycles. The summed E-state index contributed by atoms with van der Waals surface area (Å²) in [6.45, 7) is 6.90. The van der Waals surface area contributed by atoms with Gasteiger partial charge in [0.05, 0.1) is 38.5 Å². The molecule has 1 fully saturated rings. The maximum atomic E-state index is 16.3. The second-order valence-corrected chi connectivity index (χ2v) is 17.8. The molecule has 2 aromatic carbocycles. The minimum atomic E-state index is -3.89. The first-order chi connectivity index (χ1) is 21.7. The van der Waals surface area contributed by atoms with Crippen molar-refractivity contribution in [3.8, 4) is 21.8 Å². The summed E-state index contributed by atoms with van der Waals surface area (Å²) in [6.07, 6.45) is 4.81. The first-order valence-corrected chi connectivity index (χ1v) is 19.3. The lowest BCUT2D eigenvalue weighted by Crippen LogP contribution is -2.42. The average Bonchev–Trinajstić information content (AvgIpc) is 3.64. The lowest BCUT2D eigenvalue weighted by molar-refractivity contribution is 0.331. The Hall–Kier alpha value is -3.46. The van der Waals surface area contributed by atoms with Crippen LogP contribution in [0.5, 0.6) is 0 Å². The van der Waals surface area contributed by atoms with Crippen molar-refractivity contribution in [3.05, 3.63) is 76.7 Å². The average molecular weight is 685 g/mol. The molecular weight excluding hydrogens is 648 g/mol. The lowest BCUT2D eigenvalue weighted by Gasteiger charge is -2.30. The van der Waals surface area contributed by atoms with E-state index in [2.05, 4.69) is 15.0 Å². The molecule has 46 heavy (non-hydrogen) atoms. The molecule has 0 radical (unpaired) electrons. The fourth-order valence-corrected chi connectivity index (χ4v) is 9.24. The fraction of sp³-hybridized carbons (Fsp3) is 0.406. The van der Waals surface area contributed by atoms with Crippen molar-refractivity contribution in [1.29, 1.82) is 0 Å². The number of benzene rings is 2. The van der Waals surface area contributed by atoms with Gasteiger partial charge in [0.1, 0.15) is 0 Å². The van der Waals surface area contributed by atoms with Crippen molar-refractivity contribution in [1.82, 2.24) is 19.3 Å². The Kier molecular flexibility index (Phi) is 8.68. The van der Waals surface area contributed by atoms with Gasteiger partial charge in [-0.2, -0.15) is 0 Å². The lowest BCUT2D eigenvalue weighted by atomic mass is 9.98. The number of rotatable bonds is 8. The van der Waals surface area contributed by atoms with Crippen LogP contribution in [-0.4, -0.2) is 66.7 Å². The van der Waals surface area contributed by atoms with Crippen LogP contribution in [0.3, 0.4) is 0 Å². The second-order valence-electron chi connectivity index (χ2n) is 12.9. The van der Waals surface area contributed by atoms with Gasteiger partial charge in [0.2, 0.25) is 26.0 Å². The molecule has 0 bridgehead atoms. The standard InChI is InChI=1S/C32H37FN6O4S3/c1-32(2,3)30-37-28(29(44-30)26-12-15-34-31(36-26)35-22-13-16-39(17-14-22)45(4,40)41)24-10-7-11-25(27(24)33)38-46(42,43)23-18-20-8-5-6-9-21(20)19-23/h5-12,15,22-23,38H,13-14,16-19H2,1-4H3,(H,34,35,36). The number of hydrogen-bond donors (Lipinski definition) is 2. The van der Waals surface area contributed by atoms with Crippen LogP contribution in [0.4, 0.5) is 16.0 Å². The van der Waals surface area contributed by atoms with Gasteiger partial charge in [-0.3, -0.25) is 4.72 Å². The minimum Gasteiger partial charge on any atom is -0.351 e. The molecule has 244 valence electrons. The van der Waals surface area contributed by atoms with E-state index in [1.54, 1.807) is 24.4 Å². The molecule has 2 aromatic heterocycles. The molecule has 1 saturated heterocycles. The van der Waals surface area contributed by atoms with Gasteiger partial charge in [-0.1, -0.05) is 51.1 Å². The summed E-state index contributed by atoms with van der Waals surface area (Å²) in [4.78, 5) is 14.6. The third kappa shape index (κ3) is 6.80. The number of sulfonamides is 2. The van der Waals surface area contributed by atoms with Gasteiger partial charge in [-0.25, -0.2) is 40.5 Å². The highest BCUT2D eigenvalue weighted by Gasteiger charge is 2.33. The van der Waals surface area contributed by atoms with E-state index in [0.717, 1.165) is 16.1 Å². The van der Waals surface area contributed by atoms with Gasteiger partial charge in [0, 0.05) is 36.3 Å². The first-order valence-electron chi connectivity index (χ1n) is 15.1. The summed E-state index contributed by atoms with van der Waals surface area (Å²) in [5.74, 6) is -0.329. The van der Waals surface area contributed by atoms with Gasteiger partial charge in [-0.05, 0) is 55.0 Å². The Balaban J connectivity index is 1.29. The molecular formula is C32H37FN6O4S3. The number of halogens is 1. The number of nitrogens with one attached hydrogen (secondary N) is 2. The number of anilines is 2. The summed E-state index contributed by atoms with van der Waals surface area (Å²) in [5, 5.41) is 3.41. The normalized spacial score (nSPS) is 16.8. The molecule has 0 atom stereocenters. The van der Waals surface area contributed by atoms with Crippen molar-refractivity contribution < 1.29 is 21.2 Å². The van der Waals surface area contributed by atoms with Gasteiger partial charge >= 0.3 is 0 Å². The number of hydrogen-bond acceptors (Lipinski definition) is 9. The van der Waals surface area contributed by atoms with Crippen LogP contribution in [0.1, 0.15) is 49.7 Å². The van der Waals surface area contributed by atoms with Gasteiger partial charge in [-0.15, -0.1) is 11.3 Å². The van der Waals surface area contributed by atoms with Crippen molar-refractivity contribution in [2.24, 2.45) is 0 Å². The quantitative estimate of drug-likeness (QED) is 0.250. The van der Waals surface area contributed by atoms with E-state index < -0.39 is 31.1 Å². The van der Waals surface area contributed by atoms with E-state index >= 15 is 4.39 Å². The van der Waals surface area contributed by atoms with Gasteiger partial charge in [0.15, 0.2) is 5.82 Å². The van der Waals surface area contributed by atoms with Crippen molar-refractivity contribution in [2.45, 2.75) is 63.2 Å². The van der Waals surface area contributed by atoms with E-state index in [4.69, 9.17) is 9.97 Å². The van der Waals surface area contributed by atoms with Crippen LogP contribution < -0.4 is 10.0 Å². The van der Waals surface area contributed by atoms with E-state index in [1.807, 2.05) is 45.0 Å². The Bertz CT molecular complexity index is 1960. The summed E-state index contributed by atoms with van der Waals surface area (Å²) < 4.78 is 70.9. The molecule has 3 heterocycles. The summed E-state index contributed by atoms with van der Waals surface area (Å²) in [6, 6.07) is 14.0. The molecule has 1 aliphatic carbocycles. The molecule has 0 amide bonds. The van der Waals surface area contributed by atoms with Crippen molar-refractivity contribution >= 4 is 43.0 Å². The van der Waals surface area contributed by atoms with Crippen LogP contribution >= 0.6 is 11.3 Å². The maximum Gasteiger partial charge on any atom is 0.236 e. The number of nitrogens with zero attached hydrogens (tertiary/aromatic N) is 4. The molecule has 2 aliphatic rings. The highest BCUT2D eigenvalue weighted by Crippen LogP contribution is 2.42. The highest BCUT2D eigenvalue weighted by atomic mass is 32.2. The van der Waals surface area contributed by atoms with Crippen molar-refractivity contribution in [2.75, 3.05) is 29.4 Å². The predicted molar refractivity (Wildman–Crippen MR) is 180 cm³/mol. The SMILES string of the molecule is CC(C)(C)c1nc(-c2cccc(NS(=O)(=O)C3Cc4ccccc4C3)c2F)c(-c2ccnc(NC3CCN(S(C)(=O)=O)CC3)n2)s1. The Labute approximate surface area is 273 Å². The zero-order valence-corrected chi connectivity index (χ0v) is 28.6. The van der Waals surface area contributed by atoms with E-state index in [9.17, 15) is 16.8 Å². The molecule has 2 N–H and O–H groups in total. The topological polar surface area (TPSA) is 134 Å². The van der Waals surface area contributed by atoms with Gasteiger partial charge in [0.25, 0.3) is 0 Å². The summed E-state index contributed by atoms with van der Waals surface area (Å²) in [5.41, 5.74) is 2.59. The minimum absolute atomic E-state index is 0.00544. The number of aromatic nitrogens is 3. The monoisotopic (exact) mass is 684 g/mol. The molecule has 14 heteroatoms. The van der Waals surface area contributed by atoms with Gasteiger partial charge < -0.3 is 5.32 Å². The van der Waals surface area contributed by atoms with E-state index in [0.29, 0.717) is 61.0 Å². The third-order valence-corrected chi connectivity index (χ3v) is 12.9. The fourth-order valence-electron chi connectivity index (χ4n) is 5.83. The first kappa shape index (κ1) is 32.5. The third-order valence-electron chi connectivity index (χ3n) is 8.37. The molecule has 10 nitrogen and oxygen atoms in total. The zero-order valence-electron chi connectivity index (χ0n) is 26.1. The molecule has 6 rings (SSSR count). The molecule has 0 spiro atoms. The predicted octanol–water partition coefficient (Wildman–Crippen LogP) is 5.45. The van der Waals surface area contributed by atoms with Crippen LogP contribution in [0.15, 0.2) is 54.7 Å². The Morgan fingerprint density at radius 1 is 0.935 bits per heavy atom. The van der Waals surface area contributed by atoms with Crippen molar-refractivity contribution in [3.63, 3.8) is 0 Å². The number of thiazole rings is 1. The van der Waals surface area contributed by atoms with Crippen LogP contribution in [-0.2, 0) is 38.3 Å². The largest absolute Gasteiger partial charge is 0.351 e. The zero-order chi connectivity index (χ0) is 32.9. The smallest absolute Gasteiger partial charge is 0.236 e. The van der Waals surface area contributed by atoms with Crippen LogP contribution in [0, 0.1) is 5.82 Å². The summed E-state index contributed by atoms with van der Waals surface area (Å²) >= 11 is 1.41. The second kappa shape index (κ2) is 12.3. The van der Waals surface area contributed by atoms with E-state index in [1.165, 1.54) is 28.0 Å². The molecule has 0 saturated carbocycles. The van der Waals surface area contributed by atoms with Crippen LogP contribution in [0.2, 0.25) is 0 Å². The Morgan fingerprint density at radius 2 is 1.61 bits per heavy atom. The maximum absolute atomic E-state index is 16.3. The molecule has 4 aromatic rings. The highest BCUT2D eigenvalue weighted by molar-refractivity contribution is 7.93. The number of piperidine rings is 1.